The molecule has 2 rings (SSSR count). The Balaban J connectivity index is 1.80. The van der Waals surface area contributed by atoms with Gasteiger partial charge in [-0.25, -0.2) is 8.42 Å². The summed E-state index contributed by atoms with van der Waals surface area (Å²) in [5.41, 5.74) is 1.26. The fourth-order valence-corrected chi connectivity index (χ4v) is 2.75. The van der Waals surface area contributed by atoms with Gasteiger partial charge in [0.25, 0.3) is 0 Å². The highest BCUT2D eigenvalue weighted by Gasteiger charge is 2.24. The summed E-state index contributed by atoms with van der Waals surface area (Å²) >= 11 is 0. The van der Waals surface area contributed by atoms with Crippen LogP contribution < -0.4 is 0 Å². The largest absolute Gasteiger partial charge is 0.339 e. The van der Waals surface area contributed by atoms with Crippen molar-refractivity contribution in [1.29, 1.82) is 0 Å². The van der Waals surface area contributed by atoms with Crippen molar-refractivity contribution in [3.8, 4) is 0 Å². The van der Waals surface area contributed by atoms with Gasteiger partial charge in [0.1, 0.15) is 0 Å². The monoisotopic (exact) mass is 325 g/mol. The Labute approximate surface area is 132 Å². The maximum Gasteiger partial charge on any atom is 0.237 e. The van der Waals surface area contributed by atoms with Crippen LogP contribution >= 0.6 is 0 Å². The molecule has 0 aliphatic carbocycles. The molecule has 7 heteroatoms. The zero-order valence-corrected chi connectivity index (χ0v) is 13.9. The number of carbonyl (C=O) groups excluding carboxylic acids is 1. The number of piperazine rings is 1. The van der Waals surface area contributed by atoms with Gasteiger partial charge in [-0.2, -0.15) is 4.31 Å². The predicted molar refractivity (Wildman–Crippen MR) is 85.8 cm³/mol. The van der Waals surface area contributed by atoms with Gasteiger partial charge in [-0.3, -0.25) is 9.69 Å². The van der Waals surface area contributed by atoms with E-state index in [-0.39, 0.29) is 12.5 Å². The minimum absolute atomic E-state index is 0.0858. The van der Waals surface area contributed by atoms with Crippen LogP contribution in [0, 0.1) is 0 Å². The van der Waals surface area contributed by atoms with E-state index in [4.69, 9.17) is 0 Å². The molecular weight excluding hydrogens is 302 g/mol. The standard InChI is InChI=1S/C15H23N3O3S/c1-16(22(2,20)21)13-15(19)18-10-8-17(9-11-18)12-14-6-4-3-5-7-14/h3-7H,8-13H2,1-2H3. The van der Waals surface area contributed by atoms with Crippen LogP contribution in [0.15, 0.2) is 30.3 Å². The first-order valence-corrected chi connectivity index (χ1v) is 9.16. The maximum atomic E-state index is 12.1. The van der Waals surface area contributed by atoms with Crippen LogP contribution in [0.5, 0.6) is 0 Å². The van der Waals surface area contributed by atoms with Gasteiger partial charge in [-0.15, -0.1) is 0 Å². The molecule has 1 saturated heterocycles. The number of amides is 1. The number of nitrogens with zero attached hydrogens (tertiary/aromatic N) is 3. The van der Waals surface area contributed by atoms with Crippen LogP contribution in [0.25, 0.3) is 0 Å². The molecule has 0 bridgehead atoms. The molecule has 0 atom stereocenters. The Bertz CT molecular complexity index is 596. The molecule has 122 valence electrons. The minimum Gasteiger partial charge on any atom is -0.339 e. The van der Waals surface area contributed by atoms with Crippen LogP contribution in [0.3, 0.4) is 0 Å². The molecule has 0 radical (unpaired) electrons. The average Bonchev–Trinajstić information content (AvgIpc) is 2.48. The van der Waals surface area contributed by atoms with Crippen molar-refractivity contribution in [1.82, 2.24) is 14.1 Å². The van der Waals surface area contributed by atoms with Crippen molar-refractivity contribution < 1.29 is 13.2 Å². The van der Waals surface area contributed by atoms with Crippen molar-refractivity contribution in [2.24, 2.45) is 0 Å². The zero-order valence-electron chi connectivity index (χ0n) is 13.1. The molecule has 1 fully saturated rings. The summed E-state index contributed by atoms with van der Waals surface area (Å²) in [6.07, 6.45) is 1.11. The summed E-state index contributed by atoms with van der Waals surface area (Å²) in [6.45, 7) is 3.70. The summed E-state index contributed by atoms with van der Waals surface area (Å²) in [5.74, 6) is -0.132. The lowest BCUT2D eigenvalue weighted by atomic mass is 10.2. The third kappa shape index (κ3) is 4.79. The number of hydrogen-bond donors (Lipinski definition) is 0. The third-order valence-electron chi connectivity index (χ3n) is 3.90. The molecule has 0 spiro atoms. The molecule has 1 amide bonds. The van der Waals surface area contributed by atoms with Crippen molar-refractivity contribution in [2.75, 3.05) is 46.0 Å². The Morgan fingerprint density at radius 2 is 1.73 bits per heavy atom. The Morgan fingerprint density at radius 1 is 1.14 bits per heavy atom. The average molecular weight is 325 g/mol. The van der Waals surface area contributed by atoms with E-state index in [1.807, 2.05) is 18.2 Å². The van der Waals surface area contributed by atoms with Gasteiger partial charge < -0.3 is 4.90 Å². The van der Waals surface area contributed by atoms with E-state index < -0.39 is 10.0 Å². The van der Waals surface area contributed by atoms with Gasteiger partial charge in [-0.1, -0.05) is 30.3 Å². The maximum absolute atomic E-state index is 12.1. The summed E-state index contributed by atoms with van der Waals surface area (Å²) in [7, 11) is -1.88. The lowest BCUT2D eigenvalue weighted by molar-refractivity contribution is -0.133. The molecule has 22 heavy (non-hydrogen) atoms. The molecule has 0 unspecified atom stereocenters. The Hall–Kier alpha value is -1.44. The smallest absolute Gasteiger partial charge is 0.237 e. The zero-order chi connectivity index (χ0) is 16.2. The second-order valence-corrected chi connectivity index (χ2v) is 7.75. The molecule has 1 heterocycles. The topological polar surface area (TPSA) is 60.9 Å². The fraction of sp³-hybridized carbons (Fsp3) is 0.533. The quantitative estimate of drug-likeness (QED) is 0.777. The predicted octanol–water partition coefficient (Wildman–Crippen LogP) is 0.222. The number of carbonyl (C=O) groups is 1. The van der Waals surface area contributed by atoms with Gasteiger partial charge in [0.15, 0.2) is 0 Å². The van der Waals surface area contributed by atoms with Crippen molar-refractivity contribution >= 4 is 15.9 Å². The highest BCUT2D eigenvalue weighted by Crippen LogP contribution is 2.09. The fourth-order valence-electron chi connectivity index (χ4n) is 2.40. The van der Waals surface area contributed by atoms with Crippen LogP contribution in [0.4, 0.5) is 0 Å². The van der Waals surface area contributed by atoms with Gasteiger partial charge in [0, 0.05) is 39.8 Å². The van der Waals surface area contributed by atoms with Crippen LogP contribution in [-0.4, -0.2) is 74.5 Å². The summed E-state index contributed by atoms with van der Waals surface area (Å²) in [6, 6.07) is 10.2. The minimum atomic E-state index is -3.31. The molecule has 0 saturated carbocycles. The molecule has 1 aromatic rings. The number of sulfonamides is 1. The molecular formula is C15H23N3O3S. The normalized spacial score (nSPS) is 17.0. The lowest BCUT2D eigenvalue weighted by Gasteiger charge is -2.35. The van der Waals surface area contributed by atoms with Gasteiger partial charge >= 0.3 is 0 Å². The van der Waals surface area contributed by atoms with E-state index in [9.17, 15) is 13.2 Å². The van der Waals surface area contributed by atoms with E-state index in [0.29, 0.717) is 13.1 Å². The van der Waals surface area contributed by atoms with Crippen molar-refractivity contribution in [3.05, 3.63) is 35.9 Å². The molecule has 1 aliphatic heterocycles. The molecule has 6 nitrogen and oxygen atoms in total. The van der Waals surface area contributed by atoms with Crippen molar-refractivity contribution in [2.45, 2.75) is 6.54 Å². The third-order valence-corrected chi connectivity index (χ3v) is 5.16. The first-order valence-electron chi connectivity index (χ1n) is 7.31. The first-order chi connectivity index (χ1) is 10.4. The molecule has 0 aromatic heterocycles. The van der Waals surface area contributed by atoms with Gasteiger partial charge in [0.2, 0.25) is 15.9 Å². The number of rotatable bonds is 5. The van der Waals surface area contributed by atoms with E-state index >= 15 is 0 Å². The van der Waals surface area contributed by atoms with Gasteiger partial charge in [-0.05, 0) is 5.56 Å². The SMILES string of the molecule is CN(CC(=O)N1CCN(Cc2ccccc2)CC1)S(C)(=O)=O. The van der Waals surface area contributed by atoms with E-state index in [0.717, 1.165) is 30.2 Å². The molecule has 0 N–H and O–H groups in total. The first kappa shape index (κ1) is 16.9. The molecule has 1 aliphatic rings. The number of likely N-dealkylation sites (N-methyl/N-ethyl adjacent to an activating group) is 1. The Morgan fingerprint density at radius 3 is 2.27 bits per heavy atom. The second-order valence-electron chi connectivity index (χ2n) is 5.66. The van der Waals surface area contributed by atoms with Crippen LogP contribution in [0.1, 0.15) is 5.56 Å². The van der Waals surface area contributed by atoms with Crippen LogP contribution in [-0.2, 0) is 21.4 Å². The van der Waals surface area contributed by atoms with E-state index in [2.05, 4.69) is 17.0 Å². The van der Waals surface area contributed by atoms with E-state index in [1.54, 1.807) is 4.90 Å². The highest BCUT2D eigenvalue weighted by atomic mass is 32.2. The van der Waals surface area contributed by atoms with Crippen molar-refractivity contribution in [3.63, 3.8) is 0 Å². The molecule has 1 aromatic carbocycles. The van der Waals surface area contributed by atoms with Gasteiger partial charge in [0.05, 0.1) is 12.8 Å². The number of benzene rings is 1. The lowest BCUT2D eigenvalue weighted by Crippen LogP contribution is -2.50. The Kier molecular flexibility index (Phi) is 5.55. The summed E-state index contributed by atoms with van der Waals surface area (Å²) in [5, 5.41) is 0. The summed E-state index contributed by atoms with van der Waals surface area (Å²) in [4.78, 5) is 16.2. The van der Waals surface area contributed by atoms with E-state index in [1.165, 1.54) is 12.6 Å². The van der Waals surface area contributed by atoms with Crippen LogP contribution in [0.2, 0.25) is 0 Å². The summed E-state index contributed by atoms with van der Waals surface area (Å²) < 4.78 is 23.8. The highest BCUT2D eigenvalue weighted by molar-refractivity contribution is 7.88. The second kappa shape index (κ2) is 7.21. The number of hydrogen-bond acceptors (Lipinski definition) is 4.